The Balaban J connectivity index is 1.96. The molecule has 114 valence electrons. The van der Waals surface area contributed by atoms with Crippen molar-refractivity contribution in [1.82, 2.24) is 10.3 Å². The first-order valence-electron chi connectivity index (χ1n) is 7.45. The number of aromatic nitrogens is 1. The van der Waals surface area contributed by atoms with Crippen LogP contribution in [0.5, 0.6) is 0 Å². The summed E-state index contributed by atoms with van der Waals surface area (Å²) in [5, 5.41) is 5.76. The summed E-state index contributed by atoms with van der Waals surface area (Å²) in [6.45, 7) is 6.61. The molecule has 21 heavy (non-hydrogen) atoms. The van der Waals surface area contributed by atoms with Crippen LogP contribution in [0, 0.1) is 11.8 Å². The largest absolute Gasteiger partial charge is 0.316 e. The fraction of sp³-hybridized carbons (Fsp3) is 0.471. The van der Waals surface area contributed by atoms with Crippen LogP contribution >= 0.6 is 27.3 Å². The molecular weight excluding hydrogens is 344 g/mol. The zero-order valence-electron chi connectivity index (χ0n) is 12.7. The first-order chi connectivity index (χ1) is 10.1. The first kappa shape index (κ1) is 16.7. The van der Waals surface area contributed by atoms with E-state index in [9.17, 15) is 0 Å². The summed E-state index contributed by atoms with van der Waals surface area (Å²) in [6, 6.07) is 8.62. The van der Waals surface area contributed by atoms with E-state index in [4.69, 9.17) is 0 Å². The highest BCUT2D eigenvalue weighted by molar-refractivity contribution is 9.10. The SMILES string of the molecule is CC(C)CNCC(Cc1cccc(Br)c1)Cc1cscn1. The summed E-state index contributed by atoms with van der Waals surface area (Å²) in [5.41, 5.74) is 4.52. The van der Waals surface area contributed by atoms with E-state index in [-0.39, 0.29) is 0 Å². The maximum Gasteiger partial charge on any atom is 0.0794 e. The normalized spacial score (nSPS) is 12.8. The second-order valence-electron chi connectivity index (χ2n) is 5.94. The smallest absolute Gasteiger partial charge is 0.0794 e. The van der Waals surface area contributed by atoms with Crippen molar-refractivity contribution in [3.63, 3.8) is 0 Å². The van der Waals surface area contributed by atoms with Gasteiger partial charge in [-0.15, -0.1) is 11.3 Å². The third kappa shape index (κ3) is 6.29. The van der Waals surface area contributed by atoms with Gasteiger partial charge >= 0.3 is 0 Å². The topological polar surface area (TPSA) is 24.9 Å². The number of hydrogen-bond acceptors (Lipinski definition) is 3. The fourth-order valence-corrected chi connectivity index (χ4v) is 3.44. The first-order valence-corrected chi connectivity index (χ1v) is 9.19. The third-order valence-electron chi connectivity index (χ3n) is 3.38. The summed E-state index contributed by atoms with van der Waals surface area (Å²) < 4.78 is 1.16. The van der Waals surface area contributed by atoms with Crippen LogP contribution in [0.15, 0.2) is 39.6 Å². The Hall–Kier alpha value is -0.710. The van der Waals surface area contributed by atoms with Crippen LogP contribution in [-0.2, 0) is 12.8 Å². The lowest BCUT2D eigenvalue weighted by Crippen LogP contribution is -2.28. The lowest BCUT2D eigenvalue weighted by Gasteiger charge is -2.18. The molecule has 0 radical (unpaired) electrons. The van der Waals surface area contributed by atoms with Gasteiger partial charge in [0.25, 0.3) is 0 Å². The van der Waals surface area contributed by atoms with Gasteiger partial charge in [0.2, 0.25) is 0 Å². The van der Waals surface area contributed by atoms with Crippen LogP contribution in [0.2, 0.25) is 0 Å². The summed E-state index contributed by atoms with van der Waals surface area (Å²) >= 11 is 5.24. The average molecular weight is 367 g/mol. The maximum absolute atomic E-state index is 4.44. The van der Waals surface area contributed by atoms with Gasteiger partial charge in [-0.25, -0.2) is 4.98 Å². The van der Waals surface area contributed by atoms with Crippen LogP contribution in [0.4, 0.5) is 0 Å². The second-order valence-corrected chi connectivity index (χ2v) is 7.57. The van der Waals surface area contributed by atoms with Gasteiger partial charge in [0.15, 0.2) is 0 Å². The van der Waals surface area contributed by atoms with Crippen molar-refractivity contribution < 1.29 is 0 Å². The summed E-state index contributed by atoms with van der Waals surface area (Å²) in [4.78, 5) is 4.44. The van der Waals surface area contributed by atoms with E-state index in [0.717, 1.165) is 30.4 Å². The highest BCUT2D eigenvalue weighted by Crippen LogP contribution is 2.18. The molecule has 1 aromatic heterocycles. The fourth-order valence-electron chi connectivity index (χ4n) is 2.42. The third-order valence-corrected chi connectivity index (χ3v) is 4.51. The van der Waals surface area contributed by atoms with Gasteiger partial charge in [0.05, 0.1) is 11.2 Å². The Morgan fingerprint density at radius 1 is 1.24 bits per heavy atom. The van der Waals surface area contributed by atoms with Crippen molar-refractivity contribution in [2.24, 2.45) is 11.8 Å². The molecule has 1 heterocycles. The van der Waals surface area contributed by atoms with Crippen LogP contribution in [0.25, 0.3) is 0 Å². The molecule has 0 aliphatic carbocycles. The Bertz CT molecular complexity index is 525. The molecule has 2 aromatic rings. The summed E-state index contributed by atoms with van der Waals surface area (Å²) in [7, 11) is 0. The lowest BCUT2D eigenvalue weighted by atomic mass is 9.95. The highest BCUT2D eigenvalue weighted by Gasteiger charge is 2.12. The molecule has 0 aliphatic rings. The molecule has 4 heteroatoms. The molecule has 0 aliphatic heterocycles. The molecule has 0 amide bonds. The van der Waals surface area contributed by atoms with Crippen molar-refractivity contribution >= 4 is 27.3 Å². The van der Waals surface area contributed by atoms with E-state index in [1.54, 1.807) is 11.3 Å². The minimum absolute atomic E-state index is 0.583. The predicted molar refractivity (Wildman–Crippen MR) is 94.9 cm³/mol. The summed E-state index contributed by atoms with van der Waals surface area (Å²) in [6.07, 6.45) is 2.13. The van der Waals surface area contributed by atoms with E-state index in [1.807, 2.05) is 5.51 Å². The molecule has 1 atom stereocenters. The van der Waals surface area contributed by atoms with Gasteiger partial charge in [0.1, 0.15) is 0 Å². The van der Waals surface area contributed by atoms with E-state index >= 15 is 0 Å². The molecule has 1 aromatic carbocycles. The van der Waals surface area contributed by atoms with Gasteiger partial charge in [-0.2, -0.15) is 0 Å². The van der Waals surface area contributed by atoms with Gasteiger partial charge < -0.3 is 5.32 Å². The monoisotopic (exact) mass is 366 g/mol. The standard InChI is InChI=1S/C17H23BrN2S/c1-13(2)9-19-10-15(8-17-11-21-12-20-17)6-14-4-3-5-16(18)7-14/h3-5,7,11-13,15,19H,6,8-10H2,1-2H3. The number of halogens is 1. The Morgan fingerprint density at radius 2 is 2.10 bits per heavy atom. The second kappa shape index (κ2) is 8.66. The highest BCUT2D eigenvalue weighted by atomic mass is 79.9. The van der Waals surface area contributed by atoms with Gasteiger partial charge in [-0.05, 0) is 55.5 Å². The number of nitrogens with one attached hydrogen (secondary N) is 1. The minimum atomic E-state index is 0.583. The van der Waals surface area contributed by atoms with Crippen molar-refractivity contribution in [2.75, 3.05) is 13.1 Å². The molecule has 0 fully saturated rings. The zero-order valence-corrected chi connectivity index (χ0v) is 15.1. The zero-order chi connectivity index (χ0) is 15.1. The van der Waals surface area contributed by atoms with Crippen LogP contribution in [0.1, 0.15) is 25.1 Å². The number of nitrogens with zero attached hydrogens (tertiary/aromatic N) is 1. The van der Waals surface area contributed by atoms with Gasteiger partial charge in [-0.3, -0.25) is 0 Å². The van der Waals surface area contributed by atoms with E-state index in [2.05, 4.69) is 69.7 Å². The lowest BCUT2D eigenvalue weighted by molar-refractivity contribution is 0.443. The minimum Gasteiger partial charge on any atom is -0.316 e. The van der Waals surface area contributed by atoms with Gasteiger partial charge in [-0.1, -0.05) is 41.9 Å². The van der Waals surface area contributed by atoms with E-state index < -0.39 is 0 Å². The number of hydrogen-bond donors (Lipinski definition) is 1. The molecule has 1 unspecified atom stereocenters. The number of benzene rings is 1. The van der Waals surface area contributed by atoms with E-state index in [1.165, 1.54) is 11.3 Å². The Kier molecular flexibility index (Phi) is 6.87. The molecule has 0 bridgehead atoms. The van der Waals surface area contributed by atoms with Crippen molar-refractivity contribution in [2.45, 2.75) is 26.7 Å². The van der Waals surface area contributed by atoms with Crippen molar-refractivity contribution in [3.8, 4) is 0 Å². The van der Waals surface area contributed by atoms with E-state index in [0.29, 0.717) is 11.8 Å². The van der Waals surface area contributed by atoms with Crippen molar-refractivity contribution in [3.05, 3.63) is 50.9 Å². The van der Waals surface area contributed by atoms with Gasteiger partial charge in [0, 0.05) is 9.85 Å². The molecule has 2 nitrogen and oxygen atoms in total. The quantitative estimate of drug-likeness (QED) is 0.740. The van der Waals surface area contributed by atoms with Crippen LogP contribution < -0.4 is 5.32 Å². The number of thiazole rings is 1. The van der Waals surface area contributed by atoms with Crippen LogP contribution in [0.3, 0.4) is 0 Å². The molecule has 1 N–H and O–H groups in total. The average Bonchev–Trinajstić information content (AvgIpc) is 2.91. The van der Waals surface area contributed by atoms with Crippen LogP contribution in [-0.4, -0.2) is 18.1 Å². The Morgan fingerprint density at radius 3 is 2.76 bits per heavy atom. The predicted octanol–water partition coefficient (Wildman–Crippen LogP) is 4.55. The molecular formula is C17H23BrN2S. The molecule has 0 spiro atoms. The molecule has 2 rings (SSSR count). The Labute approximate surface area is 140 Å². The molecule has 0 saturated heterocycles. The maximum atomic E-state index is 4.44. The molecule has 0 saturated carbocycles. The van der Waals surface area contributed by atoms with Crippen molar-refractivity contribution in [1.29, 1.82) is 0 Å². The summed E-state index contributed by atoms with van der Waals surface area (Å²) in [5.74, 6) is 1.27. The number of rotatable bonds is 8.